The molecule has 3 aromatic rings. The van der Waals surface area contributed by atoms with E-state index in [1.807, 2.05) is 13.8 Å². The zero-order valence-electron chi connectivity index (χ0n) is 18.5. The average Bonchev–Trinajstić information content (AvgIpc) is 2.83. The molecule has 0 aliphatic rings. The number of carbonyl (C=O) groups is 3. The number of hydrazone groups is 1. The van der Waals surface area contributed by atoms with Gasteiger partial charge in [-0.3, -0.25) is 9.59 Å². The maximum Gasteiger partial charge on any atom is 0.343 e. The summed E-state index contributed by atoms with van der Waals surface area (Å²) >= 11 is 6.01. The van der Waals surface area contributed by atoms with E-state index in [-0.39, 0.29) is 0 Å². The van der Waals surface area contributed by atoms with Crippen molar-refractivity contribution < 1.29 is 23.9 Å². The third-order valence-electron chi connectivity index (χ3n) is 4.51. The fraction of sp³-hybridized carbons (Fsp3) is 0.120. The van der Waals surface area contributed by atoms with Crippen molar-refractivity contribution >= 4 is 41.3 Å². The third-order valence-corrected chi connectivity index (χ3v) is 4.91. The summed E-state index contributed by atoms with van der Waals surface area (Å²) in [4.78, 5) is 36.2. The number of hydrogen-bond acceptors (Lipinski definition) is 6. The van der Waals surface area contributed by atoms with Crippen molar-refractivity contribution in [1.82, 2.24) is 5.43 Å². The second-order valence-electron chi connectivity index (χ2n) is 7.03. The fourth-order valence-electron chi connectivity index (χ4n) is 2.72. The van der Waals surface area contributed by atoms with Crippen molar-refractivity contribution in [2.75, 3.05) is 11.9 Å². The molecule has 0 aromatic heterocycles. The lowest BCUT2D eigenvalue weighted by Gasteiger charge is -2.06. The Morgan fingerprint density at radius 3 is 2.26 bits per heavy atom. The van der Waals surface area contributed by atoms with Crippen LogP contribution >= 0.6 is 11.6 Å². The Kier molecular flexibility index (Phi) is 8.37. The summed E-state index contributed by atoms with van der Waals surface area (Å²) in [5.41, 5.74) is 4.41. The molecule has 0 unspecified atom stereocenters. The Balaban J connectivity index is 1.50. The van der Waals surface area contributed by atoms with E-state index in [1.54, 1.807) is 66.7 Å². The summed E-state index contributed by atoms with van der Waals surface area (Å²) < 4.78 is 10.7. The van der Waals surface area contributed by atoms with Crippen LogP contribution in [0.15, 0.2) is 71.8 Å². The van der Waals surface area contributed by atoms with Crippen molar-refractivity contribution in [3.8, 4) is 11.5 Å². The topological polar surface area (TPSA) is 106 Å². The Hall–Kier alpha value is -4.17. The van der Waals surface area contributed by atoms with Gasteiger partial charge in [-0.05, 0) is 85.6 Å². The zero-order chi connectivity index (χ0) is 24.5. The van der Waals surface area contributed by atoms with Crippen molar-refractivity contribution in [2.45, 2.75) is 13.8 Å². The van der Waals surface area contributed by atoms with Crippen molar-refractivity contribution in [3.05, 3.63) is 88.4 Å². The molecule has 0 saturated heterocycles. The molecule has 3 aromatic carbocycles. The predicted molar refractivity (Wildman–Crippen MR) is 130 cm³/mol. The number of aryl methyl sites for hydroxylation is 1. The van der Waals surface area contributed by atoms with E-state index in [1.165, 1.54) is 6.21 Å². The molecule has 8 nitrogen and oxygen atoms in total. The van der Waals surface area contributed by atoms with Gasteiger partial charge in [0.2, 0.25) is 0 Å². The van der Waals surface area contributed by atoms with Gasteiger partial charge < -0.3 is 14.8 Å². The van der Waals surface area contributed by atoms with Gasteiger partial charge in [-0.1, -0.05) is 17.7 Å². The molecule has 2 N–H and O–H groups in total. The molecule has 34 heavy (non-hydrogen) atoms. The predicted octanol–water partition coefficient (Wildman–Crippen LogP) is 4.36. The SMILES string of the molecule is CCOc1ccc(C(=O)Oc2ccc(C=NNC(=O)C(=O)Nc3ccc(C)c(Cl)c3)cc2)cc1. The number of halogens is 1. The van der Waals surface area contributed by atoms with Crippen LogP contribution in [0.1, 0.15) is 28.4 Å². The minimum Gasteiger partial charge on any atom is -0.494 e. The van der Waals surface area contributed by atoms with Crippen molar-refractivity contribution in [3.63, 3.8) is 0 Å². The highest BCUT2D eigenvalue weighted by Gasteiger charge is 2.13. The van der Waals surface area contributed by atoms with Crippen LogP contribution in [-0.2, 0) is 9.59 Å². The zero-order valence-corrected chi connectivity index (χ0v) is 19.3. The number of anilines is 1. The lowest BCUT2D eigenvalue weighted by atomic mass is 10.2. The number of nitrogens with zero attached hydrogens (tertiary/aromatic N) is 1. The molecule has 9 heteroatoms. The van der Waals surface area contributed by atoms with Gasteiger partial charge in [0.25, 0.3) is 0 Å². The summed E-state index contributed by atoms with van der Waals surface area (Å²) in [6, 6.07) is 18.0. The van der Waals surface area contributed by atoms with Gasteiger partial charge in [0.15, 0.2) is 0 Å². The normalized spacial score (nSPS) is 10.6. The van der Waals surface area contributed by atoms with Crippen LogP contribution in [0.25, 0.3) is 0 Å². The lowest BCUT2D eigenvalue weighted by molar-refractivity contribution is -0.136. The van der Waals surface area contributed by atoms with Crippen LogP contribution in [0.2, 0.25) is 5.02 Å². The first-order valence-corrected chi connectivity index (χ1v) is 10.7. The number of carbonyl (C=O) groups excluding carboxylic acids is 3. The monoisotopic (exact) mass is 479 g/mol. The Morgan fingerprint density at radius 1 is 0.941 bits per heavy atom. The highest BCUT2D eigenvalue weighted by atomic mass is 35.5. The minimum absolute atomic E-state index is 0.344. The maximum absolute atomic E-state index is 12.3. The number of esters is 1. The Morgan fingerprint density at radius 2 is 1.62 bits per heavy atom. The summed E-state index contributed by atoms with van der Waals surface area (Å²) in [6.07, 6.45) is 1.35. The minimum atomic E-state index is -0.936. The highest BCUT2D eigenvalue weighted by Crippen LogP contribution is 2.20. The molecule has 0 saturated carbocycles. The molecule has 0 aliphatic heterocycles. The van der Waals surface area contributed by atoms with Gasteiger partial charge >= 0.3 is 17.8 Å². The Bertz CT molecular complexity index is 1210. The quantitative estimate of drug-likeness (QED) is 0.172. The summed E-state index contributed by atoms with van der Waals surface area (Å²) in [5.74, 6) is -1.30. The molecule has 0 fully saturated rings. The largest absolute Gasteiger partial charge is 0.494 e. The van der Waals surface area contributed by atoms with Crippen molar-refractivity contribution in [1.29, 1.82) is 0 Å². The van der Waals surface area contributed by atoms with Crippen LogP contribution in [0, 0.1) is 6.92 Å². The molecule has 0 aliphatic carbocycles. The smallest absolute Gasteiger partial charge is 0.343 e. The number of rotatable bonds is 7. The summed E-state index contributed by atoms with van der Waals surface area (Å²) in [7, 11) is 0. The highest BCUT2D eigenvalue weighted by molar-refractivity contribution is 6.39. The van der Waals surface area contributed by atoms with E-state index in [4.69, 9.17) is 21.1 Å². The molecular weight excluding hydrogens is 458 g/mol. The van der Waals surface area contributed by atoms with Crippen LogP contribution in [0.5, 0.6) is 11.5 Å². The fourth-order valence-corrected chi connectivity index (χ4v) is 2.90. The molecule has 3 rings (SSSR count). The number of benzene rings is 3. The van der Waals surface area contributed by atoms with Crippen LogP contribution in [0.3, 0.4) is 0 Å². The van der Waals surface area contributed by atoms with E-state index in [0.717, 1.165) is 5.56 Å². The van der Waals surface area contributed by atoms with Gasteiger partial charge in [0, 0.05) is 10.7 Å². The molecule has 0 radical (unpaired) electrons. The molecule has 2 amide bonds. The third kappa shape index (κ3) is 6.91. The van der Waals surface area contributed by atoms with Crippen LogP contribution in [-0.4, -0.2) is 30.6 Å². The van der Waals surface area contributed by atoms with E-state index < -0.39 is 17.8 Å². The molecule has 0 bridgehead atoms. The van der Waals surface area contributed by atoms with Gasteiger partial charge in [-0.15, -0.1) is 0 Å². The first-order valence-electron chi connectivity index (χ1n) is 10.3. The van der Waals surface area contributed by atoms with Gasteiger partial charge in [0.05, 0.1) is 18.4 Å². The molecule has 0 atom stereocenters. The Labute approximate surface area is 201 Å². The summed E-state index contributed by atoms with van der Waals surface area (Å²) in [5, 5.41) is 6.69. The summed E-state index contributed by atoms with van der Waals surface area (Å²) in [6.45, 7) is 4.25. The van der Waals surface area contributed by atoms with Crippen molar-refractivity contribution in [2.24, 2.45) is 5.10 Å². The second kappa shape index (κ2) is 11.6. The van der Waals surface area contributed by atoms with Crippen LogP contribution < -0.4 is 20.2 Å². The molecular formula is C25H22ClN3O5. The molecule has 0 heterocycles. The average molecular weight is 480 g/mol. The van der Waals surface area contributed by atoms with E-state index in [9.17, 15) is 14.4 Å². The van der Waals surface area contributed by atoms with Gasteiger partial charge in [-0.25, -0.2) is 10.2 Å². The second-order valence-corrected chi connectivity index (χ2v) is 7.44. The van der Waals surface area contributed by atoms with Gasteiger partial charge in [0.1, 0.15) is 11.5 Å². The van der Waals surface area contributed by atoms with Crippen LogP contribution in [0.4, 0.5) is 5.69 Å². The lowest BCUT2D eigenvalue weighted by Crippen LogP contribution is -2.32. The molecule has 174 valence electrons. The first kappa shape index (κ1) is 24.5. The van der Waals surface area contributed by atoms with Gasteiger partial charge in [-0.2, -0.15) is 5.10 Å². The standard InChI is InChI=1S/C25H22ClN3O5/c1-3-33-20-12-7-18(8-13-20)25(32)34-21-10-5-17(6-11-21)15-27-29-24(31)23(30)28-19-9-4-16(2)22(26)14-19/h4-15H,3H2,1-2H3,(H,28,30)(H,29,31). The number of nitrogens with one attached hydrogen (secondary N) is 2. The first-order chi connectivity index (χ1) is 16.4. The maximum atomic E-state index is 12.3. The molecule has 0 spiro atoms. The number of hydrogen-bond donors (Lipinski definition) is 2. The number of ether oxygens (including phenoxy) is 2. The van der Waals surface area contributed by atoms with E-state index >= 15 is 0 Å². The van der Waals surface area contributed by atoms with E-state index in [2.05, 4.69) is 15.8 Å². The van der Waals surface area contributed by atoms with E-state index in [0.29, 0.717) is 39.9 Å². The number of amides is 2.